The molecule has 138 valence electrons. The molecule has 26 heavy (non-hydrogen) atoms. The summed E-state index contributed by atoms with van der Waals surface area (Å²) >= 11 is 0. The number of carbonyl (C=O) groups is 2. The van der Waals surface area contributed by atoms with Crippen LogP contribution >= 0.6 is 0 Å². The van der Waals surface area contributed by atoms with Gasteiger partial charge in [-0.1, -0.05) is 30.3 Å². The Morgan fingerprint density at radius 3 is 2.15 bits per heavy atom. The highest BCUT2D eigenvalue weighted by Gasteiger charge is 2.12. The molecular weight excluding hydrogens is 326 g/mol. The zero-order chi connectivity index (χ0) is 18.9. The van der Waals surface area contributed by atoms with Crippen molar-refractivity contribution in [3.8, 4) is 0 Å². The van der Waals surface area contributed by atoms with Crippen LogP contribution < -0.4 is 10.6 Å². The predicted octanol–water partition coefficient (Wildman–Crippen LogP) is 3.46. The minimum absolute atomic E-state index is 0.0619. The first-order chi connectivity index (χ1) is 12.5. The summed E-state index contributed by atoms with van der Waals surface area (Å²) < 4.78 is 0. The monoisotopic (exact) mass is 353 g/mol. The third-order valence-electron chi connectivity index (χ3n) is 4.35. The highest BCUT2D eigenvalue weighted by Crippen LogP contribution is 2.14. The molecule has 0 aromatic heterocycles. The molecule has 2 aromatic rings. The maximum Gasteiger partial charge on any atom is 0.251 e. The van der Waals surface area contributed by atoms with Gasteiger partial charge in [-0.15, -0.1) is 0 Å². The van der Waals surface area contributed by atoms with E-state index in [9.17, 15) is 9.59 Å². The lowest BCUT2D eigenvalue weighted by Crippen LogP contribution is -2.35. The number of rotatable bonds is 8. The van der Waals surface area contributed by atoms with Crippen molar-refractivity contribution in [3.63, 3.8) is 0 Å². The molecule has 5 heteroatoms. The summed E-state index contributed by atoms with van der Waals surface area (Å²) in [6.45, 7) is 7.54. The standard InChI is InChI=1S/C21H27N3O2/c1-4-24(5-2)20(25)15-22-19-13-11-18(12-14-19)21(26)23-16(3)17-9-7-6-8-10-17/h6-14,16,22H,4-5,15H2,1-3H3,(H,23,26). The van der Waals surface area contributed by atoms with Crippen molar-refractivity contribution in [1.29, 1.82) is 0 Å². The van der Waals surface area contributed by atoms with Gasteiger partial charge in [-0.25, -0.2) is 0 Å². The van der Waals surface area contributed by atoms with Gasteiger partial charge in [0.05, 0.1) is 12.6 Å². The molecule has 0 fully saturated rings. The quantitative estimate of drug-likeness (QED) is 0.764. The van der Waals surface area contributed by atoms with E-state index in [2.05, 4.69) is 10.6 Å². The molecule has 2 aromatic carbocycles. The van der Waals surface area contributed by atoms with Gasteiger partial charge in [0.15, 0.2) is 0 Å². The van der Waals surface area contributed by atoms with Gasteiger partial charge in [0.25, 0.3) is 5.91 Å². The Balaban J connectivity index is 1.90. The summed E-state index contributed by atoms with van der Waals surface area (Å²) in [6.07, 6.45) is 0. The summed E-state index contributed by atoms with van der Waals surface area (Å²) in [4.78, 5) is 26.2. The minimum atomic E-state index is -0.118. The number of likely N-dealkylation sites (N-methyl/N-ethyl adjacent to an activating group) is 1. The van der Waals surface area contributed by atoms with Crippen LogP contribution in [0, 0.1) is 0 Å². The van der Waals surface area contributed by atoms with Gasteiger partial charge < -0.3 is 15.5 Å². The van der Waals surface area contributed by atoms with Crippen molar-refractivity contribution in [2.24, 2.45) is 0 Å². The van der Waals surface area contributed by atoms with E-state index < -0.39 is 0 Å². The van der Waals surface area contributed by atoms with Gasteiger partial charge in [-0.05, 0) is 50.6 Å². The van der Waals surface area contributed by atoms with Crippen LogP contribution in [0.2, 0.25) is 0 Å². The molecule has 0 heterocycles. The van der Waals surface area contributed by atoms with E-state index in [4.69, 9.17) is 0 Å². The average molecular weight is 353 g/mol. The van der Waals surface area contributed by atoms with Crippen molar-refractivity contribution in [2.45, 2.75) is 26.8 Å². The minimum Gasteiger partial charge on any atom is -0.376 e. The van der Waals surface area contributed by atoms with Gasteiger partial charge in [-0.3, -0.25) is 9.59 Å². The van der Waals surface area contributed by atoms with Crippen molar-refractivity contribution >= 4 is 17.5 Å². The van der Waals surface area contributed by atoms with E-state index in [0.29, 0.717) is 18.7 Å². The Morgan fingerprint density at radius 1 is 0.962 bits per heavy atom. The predicted molar refractivity (Wildman–Crippen MR) is 105 cm³/mol. The lowest BCUT2D eigenvalue weighted by molar-refractivity contribution is -0.128. The summed E-state index contributed by atoms with van der Waals surface area (Å²) in [7, 11) is 0. The second-order valence-electron chi connectivity index (χ2n) is 6.10. The van der Waals surface area contributed by atoms with Crippen LogP contribution in [0.15, 0.2) is 54.6 Å². The SMILES string of the molecule is CCN(CC)C(=O)CNc1ccc(C(=O)NC(C)c2ccccc2)cc1. The molecule has 0 aliphatic rings. The first-order valence-electron chi connectivity index (χ1n) is 9.02. The number of nitrogens with one attached hydrogen (secondary N) is 2. The maximum absolute atomic E-state index is 12.4. The molecule has 0 radical (unpaired) electrons. The van der Waals surface area contributed by atoms with Crippen molar-refractivity contribution in [3.05, 3.63) is 65.7 Å². The fourth-order valence-corrected chi connectivity index (χ4v) is 2.71. The number of nitrogens with zero attached hydrogens (tertiary/aromatic N) is 1. The molecule has 0 saturated heterocycles. The Morgan fingerprint density at radius 2 is 1.58 bits per heavy atom. The zero-order valence-electron chi connectivity index (χ0n) is 15.7. The van der Waals surface area contributed by atoms with Gasteiger partial charge >= 0.3 is 0 Å². The van der Waals surface area contributed by atoms with Crippen LogP contribution in [0.1, 0.15) is 42.7 Å². The number of hydrogen-bond acceptors (Lipinski definition) is 3. The van der Waals surface area contributed by atoms with Gasteiger partial charge in [0.1, 0.15) is 0 Å². The maximum atomic E-state index is 12.4. The number of benzene rings is 2. The van der Waals surface area contributed by atoms with Gasteiger partial charge in [0, 0.05) is 24.3 Å². The molecule has 0 aliphatic carbocycles. The third kappa shape index (κ3) is 5.34. The molecular formula is C21H27N3O2. The topological polar surface area (TPSA) is 61.4 Å². The summed E-state index contributed by atoms with van der Waals surface area (Å²) in [5.74, 6) is -0.0550. The Labute approximate surface area is 155 Å². The molecule has 2 rings (SSSR count). The lowest BCUT2D eigenvalue weighted by Gasteiger charge is -2.19. The zero-order valence-corrected chi connectivity index (χ0v) is 15.7. The van der Waals surface area contributed by atoms with Crippen molar-refractivity contribution < 1.29 is 9.59 Å². The average Bonchev–Trinajstić information content (AvgIpc) is 2.68. The van der Waals surface area contributed by atoms with E-state index in [0.717, 1.165) is 11.3 Å². The number of anilines is 1. The highest BCUT2D eigenvalue weighted by molar-refractivity contribution is 5.94. The molecule has 5 nitrogen and oxygen atoms in total. The van der Waals surface area contributed by atoms with E-state index in [1.54, 1.807) is 17.0 Å². The number of hydrogen-bond donors (Lipinski definition) is 2. The van der Waals surface area contributed by atoms with Crippen molar-refractivity contribution in [1.82, 2.24) is 10.2 Å². The summed E-state index contributed by atoms with van der Waals surface area (Å²) in [5.41, 5.74) is 2.47. The lowest BCUT2D eigenvalue weighted by atomic mass is 10.1. The smallest absolute Gasteiger partial charge is 0.251 e. The van der Waals surface area contributed by atoms with Crippen molar-refractivity contribution in [2.75, 3.05) is 25.0 Å². The Hall–Kier alpha value is -2.82. The second-order valence-corrected chi connectivity index (χ2v) is 6.10. The van der Waals surface area contributed by atoms with Crippen LogP contribution in [0.25, 0.3) is 0 Å². The second kappa shape index (κ2) is 9.61. The summed E-state index contributed by atoms with van der Waals surface area (Å²) in [6, 6.07) is 16.9. The molecule has 0 bridgehead atoms. The Bertz CT molecular complexity index is 710. The molecule has 0 aliphatic heterocycles. The van der Waals surface area contributed by atoms with Gasteiger partial charge in [-0.2, -0.15) is 0 Å². The van der Waals surface area contributed by atoms with Crippen LogP contribution in [0.3, 0.4) is 0 Å². The molecule has 2 N–H and O–H groups in total. The first kappa shape index (κ1) is 19.5. The van der Waals surface area contributed by atoms with E-state index >= 15 is 0 Å². The first-order valence-corrected chi connectivity index (χ1v) is 9.02. The third-order valence-corrected chi connectivity index (χ3v) is 4.35. The van der Waals surface area contributed by atoms with E-state index in [1.165, 1.54) is 0 Å². The molecule has 1 atom stereocenters. The van der Waals surface area contributed by atoms with E-state index in [-0.39, 0.29) is 24.4 Å². The van der Waals surface area contributed by atoms with Crippen LogP contribution in [0.4, 0.5) is 5.69 Å². The van der Waals surface area contributed by atoms with Crippen LogP contribution in [-0.4, -0.2) is 36.3 Å². The molecule has 0 saturated carbocycles. The summed E-state index contributed by atoms with van der Waals surface area (Å²) in [5, 5.41) is 6.10. The Kier molecular flexibility index (Phi) is 7.21. The molecule has 0 spiro atoms. The van der Waals surface area contributed by atoms with E-state index in [1.807, 2.05) is 63.2 Å². The molecule has 2 amide bonds. The molecule has 1 unspecified atom stereocenters. The van der Waals surface area contributed by atoms with Gasteiger partial charge in [0.2, 0.25) is 5.91 Å². The van der Waals surface area contributed by atoms with Crippen LogP contribution in [-0.2, 0) is 4.79 Å². The number of amides is 2. The fourth-order valence-electron chi connectivity index (χ4n) is 2.71. The van der Waals surface area contributed by atoms with Crippen LogP contribution in [0.5, 0.6) is 0 Å². The normalized spacial score (nSPS) is 11.5. The largest absolute Gasteiger partial charge is 0.376 e. The highest BCUT2D eigenvalue weighted by atomic mass is 16.2. The fraction of sp³-hybridized carbons (Fsp3) is 0.333. The number of carbonyl (C=O) groups excluding carboxylic acids is 2.